The van der Waals surface area contributed by atoms with E-state index >= 15 is 0 Å². The highest BCUT2D eigenvalue weighted by molar-refractivity contribution is 7.15. The van der Waals surface area contributed by atoms with Crippen LogP contribution in [0.5, 0.6) is 5.75 Å². The third-order valence-corrected chi connectivity index (χ3v) is 5.57. The van der Waals surface area contributed by atoms with Crippen LogP contribution < -0.4 is 10.1 Å². The van der Waals surface area contributed by atoms with E-state index in [1.54, 1.807) is 12.1 Å². The predicted octanol–water partition coefficient (Wildman–Crippen LogP) is 4.18. The molecule has 7 nitrogen and oxygen atoms in total. The predicted molar refractivity (Wildman–Crippen MR) is 104 cm³/mol. The fourth-order valence-electron chi connectivity index (χ4n) is 2.70. The molecule has 3 aromatic heterocycles. The van der Waals surface area contributed by atoms with Gasteiger partial charge in [0.2, 0.25) is 5.13 Å². The summed E-state index contributed by atoms with van der Waals surface area (Å²) in [5, 5.41) is 11.2. The van der Waals surface area contributed by atoms with Gasteiger partial charge >= 0.3 is 0 Å². The van der Waals surface area contributed by atoms with Gasteiger partial charge in [-0.15, -0.1) is 10.2 Å². The first-order valence-corrected chi connectivity index (χ1v) is 9.60. The molecule has 0 spiro atoms. The van der Waals surface area contributed by atoms with Gasteiger partial charge in [-0.2, -0.15) is 0 Å². The molecular formula is C18H15ClFN5O2S. The molecule has 3 aromatic rings. The number of aryl methyl sites for hydroxylation is 1. The van der Waals surface area contributed by atoms with E-state index in [1.165, 1.54) is 19.5 Å². The molecule has 0 aliphatic heterocycles. The van der Waals surface area contributed by atoms with Crippen molar-refractivity contribution in [2.75, 3.05) is 12.4 Å². The lowest BCUT2D eigenvalue weighted by Gasteiger charge is -2.13. The third-order valence-electron chi connectivity index (χ3n) is 4.35. The van der Waals surface area contributed by atoms with Crippen LogP contribution in [-0.4, -0.2) is 33.2 Å². The Labute approximate surface area is 169 Å². The number of rotatable bonds is 5. The molecule has 1 aliphatic rings. The van der Waals surface area contributed by atoms with Gasteiger partial charge in [0.15, 0.2) is 10.7 Å². The van der Waals surface area contributed by atoms with E-state index in [0.717, 1.165) is 11.3 Å². The highest BCUT2D eigenvalue weighted by atomic mass is 35.5. The van der Waals surface area contributed by atoms with Gasteiger partial charge in [0.05, 0.1) is 18.9 Å². The number of hydrogen-bond donors (Lipinski definition) is 1. The van der Waals surface area contributed by atoms with Gasteiger partial charge in [-0.3, -0.25) is 15.1 Å². The van der Waals surface area contributed by atoms with Gasteiger partial charge in [0.1, 0.15) is 10.9 Å². The zero-order valence-electron chi connectivity index (χ0n) is 15.0. The number of pyridine rings is 2. The molecule has 1 amide bonds. The van der Waals surface area contributed by atoms with E-state index in [0.29, 0.717) is 41.0 Å². The number of anilines is 1. The average Bonchev–Trinajstić information content (AvgIpc) is 3.24. The average molecular weight is 420 g/mol. The van der Waals surface area contributed by atoms with E-state index in [-0.39, 0.29) is 15.3 Å². The highest BCUT2D eigenvalue weighted by Crippen LogP contribution is 2.50. The van der Waals surface area contributed by atoms with Crippen LogP contribution in [0, 0.1) is 6.92 Å². The molecule has 0 unspecified atom stereocenters. The van der Waals surface area contributed by atoms with Crippen molar-refractivity contribution < 1.29 is 13.9 Å². The van der Waals surface area contributed by atoms with Gasteiger partial charge in [0.25, 0.3) is 5.91 Å². The SMILES string of the molecule is COc1cnc(Cl)cc1-c1cc(C)ncc1C(=O)Nc1nnc(C2(F)CC2)s1. The van der Waals surface area contributed by atoms with Crippen molar-refractivity contribution in [3.63, 3.8) is 0 Å². The molecule has 144 valence electrons. The standard InChI is InChI=1S/C18H15ClFN5O2S/c1-9-5-10(11-6-14(19)22-8-13(11)27-2)12(7-21-9)15(26)23-17-25-24-16(28-17)18(20)3-4-18/h5-8H,3-4H2,1-2H3,(H,23,25,26). The van der Waals surface area contributed by atoms with Gasteiger partial charge < -0.3 is 4.74 Å². The minimum atomic E-state index is -1.39. The fraction of sp³-hybridized carbons (Fsp3) is 0.278. The van der Waals surface area contributed by atoms with Gasteiger partial charge in [-0.25, -0.2) is 9.37 Å². The van der Waals surface area contributed by atoms with Crippen LogP contribution in [-0.2, 0) is 5.67 Å². The number of carbonyl (C=O) groups excluding carboxylic acids is 1. The molecule has 4 rings (SSSR count). The van der Waals surface area contributed by atoms with Gasteiger partial charge in [-0.05, 0) is 31.9 Å². The molecule has 1 saturated carbocycles. The highest BCUT2D eigenvalue weighted by Gasteiger charge is 2.48. The van der Waals surface area contributed by atoms with Crippen LogP contribution in [0.25, 0.3) is 11.1 Å². The van der Waals surface area contributed by atoms with E-state index in [2.05, 4.69) is 25.5 Å². The summed E-state index contributed by atoms with van der Waals surface area (Å²) < 4.78 is 19.5. The lowest BCUT2D eigenvalue weighted by atomic mass is 10.0. The van der Waals surface area contributed by atoms with E-state index < -0.39 is 11.6 Å². The normalized spacial score (nSPS) is 14.6. The minimum Gasteiger partial charge on any atom is -0.494 e. The number of hydrogen-bond acceptors (Lipinski definition) is 7. The second kappa shape index (κ2) is 7.06. The third kappa shape index (κ3) is 3.55. The smallest absolute Gasteiger partial charge is 0.259 e. The summed E-state index contributed by atoms with van der Waals surface area (Å²) in [4.78, 5) is 21.1. The first-order valence-electron chi connectivity index (χ1n) is 8.40. The Balaban J connectivity index is 1.69. The topological polar surface area (TPSA) is 89.9 Å². The van der Waals surface area contributed by atoms with Crippen molar-refractivity contribution in [1.29, 1.82) is 0 Å². The van der Waals surface area contributed by atoms with Crippen molar-refractivity contribution in [2.45, 2.75) is 25.4 Å². The maximum Gasteiger partial charge on any atom is 0.259 e. The minimum absolute atomic E-state index is 0.232. The van der Waals surface area contributed by atoms with Gasteiger partial charge in [-0.1, -0.05) is 22.9 Å². The number of nitrogens with one attached hydrogen (secondary N) is 1. The summed E-state index contributed by atoms with van der Waals surface area (Å²) >= 11 is 7.08. The summed E-state index contributed by atoms with van der Waals surface area (Å²) in [6.45, 7) is 1.81. The second-order valence-corrected chi connectivity index (χ2v) is 7.78. The molecule has 0 radical (unpaired) electrons. The Kier molecular flexibility index (Phi) is 4.72. The second-order valence-electron chi connectivity index (χ2n) is 6.41. The Bertz CT molecular complexity index is 1070. The maximum atomic E-state index is 14.1. The van der Waals surface area contributed by atoms with E-state index in [9.17, 15) is 9.18 Å². The summed E-state index contributed by atoms with van der Waals surface area (Å²) in [5.41, 5.74) is 0.812. The van der Waals surface area contributed by atoms with Crippen LogP contribution in [0.15, 0.2) is 24.5 Å². The summed E-state index contributed by atoms with van der Waals surface area (Å²) in [6, 6.07) is 3.38. The first-order chi connectivity index (χ1) is 13.4. The molecule has 28 heavy (non-hydrogen) atoms. The number of amides is 1. The lowest BCUT2D eigenvalue weighted by Crippen LogP contribution is -2.14. The molecule has 1 fully saturated rings. The molecule has 0 bridgehead atoms. The summed E-state index contributed by atoms with van der Waals surface area (Å²) in [6.07, 6.45) is 3.82. The van der Waals surface area contributed by atoms with Crippen LogP contribution in [0.4, 0.5) is 9.52 Å². The van der Waals surface area contributed by atoms with Crippen LogP contribution in [0.1, 0.15) is 33.9 Å². The Morgan fingerprint density at radius 1 is 1.25 bits per heavy atom. The van der Waals surface area contributed by atoms with Crippen molar-refractivity contribution in [3.05, 3.63) is 45.9 Å². The van der Waals surface area contributed by atoms with Crippen LogP contribution in [0.2, 0.25) is 5.15 Å². The number of nitrogens with zero attached hydrogens (tertiary/aromatic N) is 4. The molecule has 0 atom stereocenters. The van der Waals surface area contributed by atoms with Crippen molar-refractivity contribution in [3.8, 4) is 16.9 Å². The largest absolute Gasteiger partial charge is 0.494 e. The summed E-state index contributed by atoms with van der Waals surface area (Å²) in [5.74, 6) is 0.0271. The molecule has 10 heteroatoms. The number of methoxy groups -OCH3 is 1. The number of alkyl halides is 1. The van der Waals surface area contributed by atoms with E-state index in [4.69, 9.17) is 16.3 Å². The number of aromatic nitrogens is 4. The molecule has 0 aromatic carbocycles. The fourth-order valence-corrected chi connectivity index (χ4v) is 3.73. The quantitative estimate of drug-likeness (QED) is 0.624. The van der Waals surface area contributed by atoms with Crippen LogP contribution in [0.3, 0.4) is 0 Å². The number of ether oxygens (including phenoxy) is 1. The first kappa shape index (κ1) is 18.7. The molecule has 1 aliphatic carbocycles. The van der Waals surface area contributed by atoms with E-state index in [1.807, 2.05) is 6.92 Å². The van der Waals surface area contributed by atoms with Gasteiger partial charge in [0, 0.05) is 23.0 Å². The molecular weight excluding hydrogens is 405 g/mol. The number of carbonyl (C=O) groups is 1. The monoisotopic (exact) mass is 419 g/mol. The molecule has 1 N–H and O–H groups in total. The lowest BCUT2D eigenvalue weighted by molar-refractivity contribution is 0.102. The molecule has 3 heterocycles. The van der Waals surface area contributed by atoms with Crippen molar-refractivity contribution in [1.82, 2.24) is 20.2 Å². The zero-order chi connectivity index (χ0) is 19.9. The maximum absolute atomic E-state index is 14.1. The van der Waals surface area contributed by atoms with Crippen LogP contribution >= 0.6 is 22.9 Å². The summed E-state index contributed by atoms with van der Waals surface area (Å²) in [7, 11) is 1.51. The van der Waals surface area contributed by atoms with Crippen molar-refractivity contribution >= 4 is 34.0 Å². The Morgan fingerprint density at radius 2 is 2.04 bits per heavy atom. The zero-order valence-corrected chi connectivity index (χ0v) is 16.6. The van der Waals surface area contributed by atoms with Crippen molar-refractivity contribution in [2.24, 2.45) is 0 Å². The number of halogens is 2. The Hall–Kier alpha value is -2.65. The Morgan fingerprint density at radius 3 is 2.75 bits per heavy atom. The molecule has 0 saturated heterocycles.